The largest absolute Gasteiger partial charge is 0.497 e. The van der Waals surface area contributed by atoms with Crippen molar-refractivity contribution in [2.24, 2.45) is 0 Å². The van der Waals surface area contributed by atoms with Gasteiger partial charge in [-0.1, -0.05) is 48.5 Å². The van der Waals surface area contributed by atoms with Crippen LogP contribution in [0.3, 0.4) is 0 Å². The minimum atomic E-state index is -1.11. The molecule has 106 valence electrons. The highest BCUT2D eigenvalue weighted by Gasteiger charge is 2.28. The van der Waals surface area contributed by atoms with Gasteiger partial charge in [0.15, 0.2) is 5.60 Å². The molecule has 2 rings (SSSR count). The molecule has 3 heteroatoms. The molecule has 0 heterocycles. The summed E-state index contributed by atoms with van der Waals surface area (Å²) in [6.07, 6.45) is 3.65. The van der Waals surface area contributed by atoms with Crippen LogP contribution in [-0.4, -0.2) is 14.2 Å². The topological polar surface area (TPSA) is 42.2 Å². The molecule has 21 heavy (non-hydrogen) atoms. The minimum absolute atomic E-state index is 0.744. The maximum Gasteiger partial charge on any atom is 0.198 e. The van der Waals surface area contributed by atoms with Crippen molar-refractivity contribution in [2.75, 3.05) is 14.2 Å². The van der Waals surface area contributed by atoms with E-state index in [-0.39, 0.29) is 0 Å². The van der Waals surface area contributed by atoms with Gasteiger partial charge in [-0.05, 0) is 23.8 Å². The number of hydrogen-bond acceptors (Lipinski definition) is 3. The molecular weight excluding hydrogens is 262 g/mol. The van der Waals surface area contributed by atoms with Gasteiger partial charge in [0.2, 0.25) is 0 Å². The summed E-state index contributed by atoms with van der Waals surface area (Å²) in [6.45, 7) is 0. The van der Waals surface area contributed by atoms with E-state index in [0.29, 0.717) is 0 Å². The molecule has 3 nitrogen and oxygen atoms in total. The fraction of sp³-hybridized carbons (Fsp3) is 0.167. The molecule has 0 aliphatic rings. The Morgan fingerprint density at radius 3 is 2.19 bits per heavy atom. The lowest BCUT2D eigenvalue weighted by atomic mass is 9.93. The van der Waals surface area contributed by atoms with Crippen LogP contribution in [0.5, 0.6) is 5.75 Å². The van der Waals surface area contributed by atoms with Gasteiger partial charge in [-0.3, -0.25) is 0 Å². The predicted molar refractivity (Wildman–Crippen MR) is 82.8 cm³/mol. The molecule has 0 aromatic heterocycles. The highest BCUT2D eigenvalue weighted by atomic mass is 16.5. The van der Waals surface area contributed by atoms with Gasteiger partial charge >= 0.3 is 0 Å². The Kier molecular flexibility index (Phi) is 4.76. The van der Waals surface area contributed by atoms with Crippen LogP contribution in [0.2, 0.25) is 0 Å². The molecule has 0 aliphatic carbocycles. The Labute approximate surface area is 125 Å². The first kappa shape index (κ1) is 14.8. The summed E-state index contributed by atoms with van der Waals surface area (Å²) in [6, 6.07) is 19.3. The van der Waals surface area contributed by atoms with Crippen molar-refractivity contribution in [1.82, 2.24) is 0 Å². The molecule has 0 bridgehead atoms. The zero-order valence-corrected chi connectivity index (χ0v) is 12.1. The first-order valence-corrected chi connectivity index (χ1v) is 6.59. The normalized spacial score (nSPS) is 13.6. The fourth-order valence-corrected chi connectivity index (χ4v) is 2.05. The number of hydrogen-bond donors (Lipinski definition) is 0. The van der Waals surface area contributed by atoms with Crippen LogP contribution < -0.4 is 4.74 Å². The van der Waals surface area contributed by atoms with Crippen molar-refractivity contribution in [3.63, 3.8) is 0 Å². The van der Waals surface area contributed by atoms with E-state index in [1.54, 1.807) is 13.2 Å². The summed E-state index contributed by atoms with van der Waals surface area (Å²) < 4.78 is 10.6. The van der Waals surface area contributed by atoms with Crippen molar-refractivity contribution in [3.05, 3.63) is 71.8 Å². The number of methoxy groups -OCH3 is 2. The molecule has 0 saturated heterocycles. The summed E-state index contributed by atoms with van der Waals surface area (Å²) in [5.41, 5.74) is 0.672. The number of ether oxygens (including phenoxy) is 2. The smallest absolute Gasteiger partial charge is 0.198 e. The molecule has 2 aromatic carbocycles. The van der Waals surface area contributed by atoms with Crippen LogP contribution >= 0.6 is 0 Å². The van der Waals surface area contributed by atoms with Crippen molar-refractivity contribution < 1.29 is 9.47 Å². The van der Waals surface area contributed by atoms with Gasteiger partial charge in [0.25, 0.3) is 0 Å². The molecule has 0 amide bonds. The summed E-state index contributed by atoms with van der Waals surface area (Å²) >= 11 is 0. The second-order valence-corrected chi connectivity index (χ2v) is 4.52. The molecule has 1 atom stereocenters. The van der Waals surface area contributed by atoms with Crippen molar-refractivity contribution in [3.8, 4) is 11.8 Å². The van der Waals surface area contributed by atoms with Crippen molar-refractivity contribution >= 4 is 6.08 Å². The lowest BCUT2D eigenvalue weighted by Crippen LogP contribution is -2.23. The second kappa shape index (κ2) is 6.74. The van der Waals surface area contributed by atoms with Crippen LogP contribution in [0.25, 0.3) is 6.08 Å². The average molecular weight is 279 g/mol. The Bertz CT molecular complexity index is 641. The summed E-state index contributed by atoms with van der Waals surface area (Å²) in [4.78, 5) is 0. The summed E-state index contributed by atoms with van der Waals surface area (Å²) in [5, 5.41) is 9.58. The third-order valence-electron chi connectivity index (χ3n) is 3.32. The third kappa shape index (κ3) is 3.31. The van der Waals surface area contributed by atoms with Gasteiger partial charge in [-0.2, -0.15) is 5.26 Å². The molecule has 0 fully saturated rings. The number of nitriles is 1. The van der Waals surface area contributed by atoms with Gasteiger partial charge in [0.1, 0.15) is 11.8 Å². The number of nitrogens with zero attached hydrogens (tertiary/aromatic N) is 1. The van der Waals surface area contributed by atoms with Gasteiger partial charge < -0.3 is 9.47 Å². The van der Waals surface area contributed by atoms with Crippen LogP contribution in [0, 0.1) is 11.3 Å². The van der Waals surface area contributed by atoms with E-state index in [1.165, 1.54) is 7.11 Å². The highest BCUT2D eigenvalue weighted by molar-refractivity contribution is 5.53. The number of rotatable bonds is 5. The zero-order chi connectivity index (χ0) is 15.1. The molecular formula is C18H17NO2. The standard InChI is InChI=1S/C18H17NO2/c1-20-17-10-8-16(9-11-17)18(14-19,21-2)13-12-15-6-4-3-5-7-15/h3-13H,1-2H3/b13-12+. The molecule has 1 unspecified atom stereocenters. The maximum atomic E-state index is 9.58. The van der Waals surface area contributed by atoms with E-state index in [2.05, 4.69) is 6.07 Å². The third-order valence-corrected chi connectivity index (χ3v) is 3.32. The second-order valence-electron chi connectivity index (χ2n) is 4.52. The van der Waals surface area contributed by atoms with E-state index >= 15 is 0 Å². The van der Waals surface area contributed by atoms with E-state index in [1.807, 2.05) is 60.7 Å². The average Bonchev–Trinajstić information content (AvgIpc) is 2.58. The zero-order valence-electron chi connectivity index (χ0n) is 12.1. The van der Waals surface area contributed by atoms with Crippen LogP contribution in [0.4, 0.5) is 0 Å². The molecule has 0 saturated carbocycles. The minimum Gasteiger partial charge on any atom is -0.497 e. The van der Waals surface area contributed by atoms with Gasteiger partial charge in [-0.25, -0.2) is 0 Å². The summed E-state index contributed by atoms with van der Waals surface area (Å²) in [7, 11) is 3.14. The van der Waals surface area contributed by atoms with E-state index in [0.717, 1.165) is 16.9 Å². The SMILES string of the molecule is COc1ccc(C(C#N)(/C=C/c2ccccc2)OC)cc1. The van der Waals surface area contributed by atoms with Crippen LogP contribution in [0.15, 0.2) is 60.7 Å². The van der Waals surface area contributed by atoms with Gasteiger partial charge in [0.05, 0.1) is 7.11 Å². The molecule has 0 N–H and O–H groups in total. The Hall–Kier alpha value is -2.57. The Balaban J connectivity index is 2.36. The van der Waals surface area contributed by atoms with Crippen LogP contribution in [0.1, 0.15) is 11.1 Å². The van der Waals surface area contributed by atoms with Crippen LogP contribution in [-0.2, 0) is 10.3 Å². The lowest BCUT2D eigenvalue weighted by Gasteiger charge is -2.22. The van der Waals surface area contributed by atoms with Gasteiger partial charge in [-0.15, -0.1) is 0 Å². The molecule has 0 aliphatic heterocycles. The highest BCUT2D eigenvalue weighted by Crippen LogP contribution is 2.28. The molecule has 0 spiro atoms. The number of benzene rings is 2. The van der Waals surface area contributed by atoms with E-state index in [4.69, 9.17) is 9.47 Å². The Morgan fingerprint density at radius 2 is 1.67 bits per heavy atom. The lowest BCUT2D eigenvalue weighted by molar-refractivity contribution is 0.0799. The molecule has 2 aromatic rings. The predicted octanol–water partition coefficient (Wildman–Crippen LogP) is 3.77. The summed E-state index contributed by atoms with van der Waals surface area (Å²) in [5.74, 6) is 0.744. The van der Waals surface area contributed by atoms with E-state index < -0.39 is 5.60 Å². The Morgan fingerprint density at radius 1 is 1.00 bits per heavy atom. The van der Waals surface area contributed by atoms with E-state index in [9.17, 15) is 5.26 Å². The van der Waals surface area contributed by atoms with Crippen molar-refractivity contribution in [1.29, 1.82) is 5.26 Å². The first-order chi connectivity index (χ1) is 10.2. The van der Waals surface area contributed by atoms with Gasteiger partial charge in [0, 0.05) is 12.7 Å². The fourth-order valence-electron chi connectivity index (χ4n) is 2.05. The first-order valence-electron chi connectivity index (χ1n) is 6.59. The molecule has 0 radical (unpaired) electrons. The maximum absolute atomic E-state index is 9.58. The monoisotopic (exact) mass is 279 g/mol. The van der Waals surface area contributed by atoms with Crippen molar-refractivity contribution in [2.45, 2.75) is 5.60 Å². The quantitative estimate of drug-likeness (QED) is 0.836.